The smallest absolute Gasteiger partial charge is 0.250 e. The van der Waals surface area contributed by atoms with Gasteiger partial charge in [0.2, 0.25) is 5.91 Å². The van der Waals surface area contributed by atoms with Gasteiger partial charge in [-0.15, -0.1) is 0 Å². The third-order valence-corrected chi connectivity index (χ3v) is 3.67. The quantitative estimate of drug-likeness (QED) is 0.725. The van der Waals surface area contributed by atoms with Gasteiger partial charge in [-0.3, -0.25) is 9.59 Å². The average Bonchev–Trinajstić information content (AvgIpc) is 2.41. The molecule has 2 amide bonds. The molecule has 1 rings (SSSR count). The van der Waals surface area contributed by atoms with Crippen LogP contribution in [0.1, 0.15) is 37.0 Å². The van der Waals surface area contributed by atoms with Gasteiger partial charge in [-0.1, -0.05) is 26.0 Å². The van der Waals surface area contributed by atoms with E-state index in [1.165, 1.54) is 0 Å². The van der Waals surface area contributed by atoms with Crippen LogP contribution in [0.4, 0.5) is 5.69 Å². The fraction of sp³-hybridized carbons (Fsp3) is 0.429. The van der Waals surface area contributed by atoms with Gasteiger partial charge in [0, 0.05) is 6.54 Å². The van der Waals surface area contributed by atoms with Crippen LogP contribution >= 0.6 is 0 Å². The van der Waals surface area contributed by atoms with Gasteiger partial charge in [0.25, 0.3) is 5.91 Å². The lowest BCUT2D eigenvalue weighted by Crippen LogP contribution is -2.41. The number of para-hydroxylation sites is 1. The standard InChI is InChI=1S/C14H21N3O2/c1-3-14(4-2,9-15)13(19)17-11-8-6-5-7-10(11)12(16)18/h5-8H,3-4,9,15H2,1-2H3,(H2,16,18)(H,17,19). The van der Waals surface area contributed by atoms with Gasteiger partial charge >= 0.3 is 0 Å². The van der Waals surface area contributed by atoms with Crippen LogP contribution in [0.3, 0.4) is 0 Å². The summed E-state index contributed by atoms with van der Waals surface area (Å²) in [6.45, 7) is 4.12. The van der Waals surface area contributed by atoms with Crippen molar-refractivity contribution in [1.29, 1.82) is 0 Å². The number of nitrogens with two attached hydrogens (primary N) is 2. The molecule has 0 bridgehead atoms. The normalized spacial score (nSPS) is 11.1. The van der Waals surface area contributed by atoms with E-state index >= 15 is 0 Å². The Kier molecular flexibility index (Phi) is 5.06. The Morgan fingerprint density at radius 2 is 1.79 bits per heavy atom. The Morgan fingerprint density at radius 1 is 1.21 bits per heavy atom. The van der Waals surface area contributed by atoms with Crippen molar-refractivity contribution in [3.8, 4) is 0 Å². The van der Waals surface area contributed by atoms with Crippen molar-refractivity contribution in [2.24, 2.45) is 16.9 Å². The number of benzene rings is 1. The molecule has 0 unspecified atom stereocenters. The van der Waals surface area contributed by atoms with E-state index in [1.54, 1.807) is 24.3 Å². The van der Waals surface area contributed by atoms with Crippen LogP contribution in [0, 0.1) is 5.41 Å². The average molecular weight is 263 g/mol. The van der Waals surface area contributed by atoms with E-state index in [2.05, 4.69) is 5.32 Å². The molecule has 0 aliphatic heterocycles. The molecule has 0 radical (unpaired) electrons. The Balaban J connectivity index is 3.03. The second-order valence-corrected chi connectivity index (χ2v) is 4.56. The van der Waals surface area contributed by atoms with Crippen molar-refractivity contribution in [3.63, 3.8) is 0 Å². The molecule has 0 aliphatic carbocycles. The Labute approximate surface area is 113 Å². The van der Waals surface area contributed by atoms with E-state index in [1.807, 2.05) is 13.8 Å². The fourth-order valence-corrected chi connectivity index (χ4v) is 2.01. The van der Waals surface area contributed by atoms with Gasteiger partial charge in [0.05, 0.1) is 16.7 Å². The summed E-state index contributed by atoms with van der Waals surface area (Å²) in [5.74, 6) is -0.740. The zero-order valence-electron chi connectivity index (χ0n) is 11.4. The highest BCUT2D eigenvalue weighted by atomic mass is 16.2. The molecule has 1 aromatic rings. The van der Waals surface area contributed by atoms with Crippen LogP contribution in [0.25, 0.3) is 0 Å². The molecule has 5 nitrogen and oxygen atoms in total. The van der Waals surface area contributed by atoms with E-state index in [0.717, 1.165) is 0 Å². The maximum atomic E-state index is 12.4. The number of carbonyl (C=O) groups excluding carboxylic acids is 2. The second-order valence-electron chi connectivity index (χ2n) is 4.56. The highest BCUT2D eigenvalue weighted by Gasteiger charge is 2.33. The summed E-state index contributed by atoms with van der Waals surface area (Å²) in [4.78, 5) is 23.7. The maximum Gasteiger partial charge on any atom is 0.250 e. The van der Waals surface area contributed by atoms with Crippen LogP contribution in [0.2, 0.25) is 0 Å². The molecule has 0 saturated heterocycles. The summed E-state index contributed by atoms with van der Waals surface area (Å²) in [5, 5.41) is 2.77. The Hall–Kier alpha value is -1.88. The van der Waals surface area contributed by atoms with Gasteiger partial charge in [0.15, 0.2) is 0 Å². The molecule has 19 heavy (non-hydrogen) atoms. The molecule has 0 spiro atoms. The molecule has 0 heterocycles. The first-order valence-corrected chi connectivity index (χ1v) is 6.41. The van der Waals surface area contributed by atoms with Crippen LogP contribution < -0.4 is 16.8 Å². The summed E-state index contributed by atoms with van der Waals surface area (Å²) >= 11 is 0. The largest absolute Gasteiger partial charge is 0.366 e. The first-order valence-electron chi connectivity index (χ1n) is 6.41. The molecule has 5 N–H and O–H groups in total. The Morgan fingerprint density at radius 3 is 2.26 bits per heavy atom. The molecule has 5 heteroatoms. The first kappa shape index (κ1) is 15.2. The molecule has 0 fully saturated rings. The zero-order chi connectivity index (χ0) is 14.5. The van der Waals surface area contributed by atoms with E-state index in [4.69, 9.17) is 11.5 Å². The van der Waals surface area contributed by atoms with Crippen LogP contribution in [-0.4, -0.2) is 18.4 Å². The van der Waals surface area contributed by atoms with Gasteiger partial charge < -0.3 is 16.8 Å². The van der Waals surface area contributed by atoms with Crippen molar-refractivity contribution in [3.05, 3.63) is 29.8 Å². The maximum absolute atomic E-state index is 12.4. The van der Waals surface area contributed by atoms with Crippen molar-refractivity contribution in [1.82, 2.24) is 0 Å². The van der Waals surface area contributed by atoms with Crippen molar-refractivity contribution in [2.45, 2.75) is 26.7 Å². The summed E-state index contributed by atoms with van der Waals surface area (Å²) in [6, 6.07) is 6.68. The number of hydrogen-bond donors (Lipinski definition) is 3. The molecule has 104 valence electrons. The molecule has 0 saturated carbocycles. The topological polar surface area (TPSA) is 98.2 Å². The summed E-state index contributed by atoms with van der Waals surface area (Å²) in [7, 11) is 0. The van der Waals surface area contributed by atoms with Gasteiger partial charge in [-0.05, 0) is 25.0 Å². The second kappa shape index (κ2) is 6.33. The molecular weight excluding hydrogens is 242 g/mol. The van der Waals surface area contributed by atoms with Crippen LogP contribution in [0.5, 0.6) is 0 Å². The number of anilines is 1. The highest BCUT2D eigenvalue weighted by Crippen LogP contribution is 2.27. The van der Waals surface area contributed by atoms with Crippen LogP contribution in [-0.2, 0) is 4.79 Å². The van der Waals surface area contributed by atoms with E-state index < -0.39 is 11.3 Å². The predicted octanol–water partition coefficient (Wildman–Crippen LogP) is 1.49. The summed E-state index contributed by atoms with van der Waals surface area (Å²) < 4.78 is 0. The number of hydrogen-bond acceptors (Lipinski definition) is 3. The molecular formula is C14H21N3O2. The van der Waals surface area contributed by atoms with Crippen molar-refractivity contribution in [2.75, 3.05) is 11.9 Å². The fourth-order valence-electron chi connectivity index (χ4n) is 2.01. The van der Waals surface area contributed by atoms with Crippen molar-refractivity contribution >= 4 is 17.5 Å². The number of nitrogens with one attached hydrogen (secondary N) is 1. The van der Waals surface area contributed by atoms with E-state index in [9.17, 15) is 9.59 Å². The lowest BCUT2D eigenvalue weighted by molar-refractivity contribution is -0.125. The Bertz CT molecular complexity index is 459. The highest BCUT2D eigenvalue weighted by molar-refractivity contribution is 6.04. The lowest BCUT2D eigenvalue weighted by atomic mass is 9.81. The van der Waals surface area contributed by atoms with E-state index in [0.29, 0.717) is 24.1 Å². The van der Waals surface area contributed by atoms with Gasteiger partial charge in [0.1, 0.15) is 0 Å². The minimum Gasteiger partial charge on any atom is -0.366 e. The van der Waals surface area contributed by atoms with Gasteiger partial charge in [-0.2, -0.15) is 0 Å². The third-order valence-electron chi connectivity index (χ3n) is 3.67. The number of carbonyl (C=O) groups is 2. The molecule has 0 atom stereocenters. The molecule has 0 aromatic heterocycles. The third kappa shape index (κ3) is 3.12. The lowest BCUT2D eigenvalue weighted by Gasteiger charge is -2.28. The zero-order valence-corrected chi connectivity index (χ0v) is 11.4. The number of rotatable bonds is 6. The SMILES string of the molecule is CCC(CC)(CN)C(=O)Nc1ccccc1C(N)=O. The minimum absolute atomic E-state index is 0.172. The monoisotopic (exact) mass is 263 g/mol. The van der Waals surface area contributed by atoms with E-state index in [-0.39, 0.29) is 12.5 Å². The summed E-state index contributed by atoms with van der Waals surface area (Å²) in [5.41, 5.74) is 11.1. The minimum atomic E-state index is -0.606. The molecule has 1 aromatic carbocycles. The first-order chi connectivity index (χ1) is 9.00. The van der Waals surface area contributed by atoms with Gasteiger partial charge in [-0.25, -0.2) is 0 Å². The molecule has 0 aliphatic rings. The van der Waals surface area contributed by atoms with Crippen molar-refractivity contribution < 1.29 is 9.59 Å². The number of amides is 2. The number of primary amides is 1. The summed E-state index contributed by atoms with van der Waals surface area (Å²) in [6.07, 6.45) is 1.29. The van der Waals surface area contributed by atoms with Crippen LogP contribution in [0.15, 0.2) is 24.3 Å². The predicted molar refractivity (Wildman–Crippen MR) is 75.7 cm³/mol.